The van der Waals surface area contributed by atoms with Crippen molar-refractivity contribution in [2.75, 3.05) is 20.8 Å². The highest BCUT2D eigenvalue weighted by molar-refractivity contribution is 6.98. The van der Waals surface area contributed by atoms with Gasteiger partial charge in [0.2, 0.25) is 0 Å². The van der Waals surface area contributed by atoms with E-state index in [1.165, 1.54) is 14.2 Å². The quantitative estimate of drug-likeness (QED) is 0.524. The van der Waals surface area contributed by atoms with Gasteiger partial charge >= 0.3 is 11.9 Å². The first kappa shape index (κ1) is 24.6. The number of rotatable bonds is 7. The molecular formula is C22H30O6Si. The molecule has 0 spiro atoms. The van der Waals surface area contributed by atoms with Crippen LogP contribution in [0, 0.1) is 0 Å². The third-order valence-corrected chi connectivity index (χ3v) is 9.45. The monoisotopic (exact) mass is 418 g/mol. The summed E-state index contributed by atoms with van der Waals surface area (Å²) in [5.74, 6) is -0.842. The van der Waals surface area contributed by atoms with Crippen LogP contribution >= 0.6 is 0 Å². The van der Waals surface area contributed by atoms with E-state index in [1.54, 1.807) is 0 Å². The van der Waals surface area contributed by atoms with E-state index in [0.29, 0.717) is 12.8 Å². The summed E-state index contributed by atoms with van der Waals surface area (Å²) < 4.78 is 8.77. The Hall–Kier alpha value is -2.48. The Morgan fingerprint density at radius 2 is 1.28 bits per heavy atom. The van der Waals surface area contributed by atoms with E-state index in [4.69, 9.17) is 9.84 Å². The van der Waals surface area contributed by atoms with Gasteiger partial charge in [-0.3, -0.25) is 4.79 Å². The van der Waals surface area contributed by atoms with Gasteiger partial charge in [0, 0.05) is 6.42 Å². The molecule has 0 aliphatic heterocycles. The molecule has 0 saturated carbocycles. The van der Waals surface area contributed by atoms with Crippen LogP contribution in [0.2, 0.25) is 5.04 Å². The predicted molar refractivity (Wildman–Crippen MR) is 115 cm³/mol. The number of esters is 2. The average Bonchev–Trinajstić information content (AvgIpc) is 2.77. The van der Waals surface area contributed by atoms with E-state index in [-0.39, 0.29) is 5.97 Å². The molecule has 0 bridgehead atoms. The Balaban J connectivity index is 0.000000612. The second-order valence-corrected chi connectivity index (χ2v) is 11.1. The van der Waals surface area contributed by atoms with Gasteiger partial charge in [0.05, 0.1) is 14.2 Å². The van der Waals surface area contributed by atoms with Crippen molar-refractivity contribution < 1.29 is 29.0 Å². The molecular weight excluding hydrogens is 388 g/mol. The van der Waals surface area contributed by atoms with Crippen LogP contribution in [-0.2, 0) is 19.1 Å². The Kier molecular flexibility index (Phi) is 9.74. The molecule has 0 fully saturated rings. The fourth-order valence-electron chi connectivity index (χ4n) is 3.07. The van der Waals surface area contributed by atoms with Crippen molar-refractivity contribution in [3.63, 3.8) is 0 Å². The summed E-state index contributed by atoms with van der Waals surface area (Å²) in [6.45, 7) is 3.56. The van der Waals surface area contributed by atoms with Crippen molar-refractivity contribution in [3.05, 3.63) is 60.7 Å². The smallest absolute Gasteiger partial charge is 0.331 e. The molecule has 158 valence electrons. The normalized spacial score (nSPS) is 11.1. The number of methoxy groups -OCH3 is 2. The molecule has 2 N–H and O–H groups in total. The zero-order chi connectivity index (χ0) is 21.9. The van der Waals surface area contributed by atoms with Crippen LogP contribution in [0.4, 0.5) is 0 Å². The van der Waals surface area contributed by atoms with Crippen LogP contribution in [0.1, 0.15) is 26.7 Å². The second-order valence-electron chi connectivity index (χ2n) is 7.14. The lowest BCUT2D eigenvalue weighted by atomic mass is 10.1. The van der Waals surface area contributed by atoms with Gasteiger partial charge in [-0.1, -0.05) is 74.5 Å². The van der Waals surface area contributed by atoms with Gasteiger partial charge in [0.25, 0.3) is 8.32 Å². The zero-order valence-corrected chi connectivity index (χ0v) is 18.4. The minimum atomic E-state index is -3.02. The Morgan fingerprint density at radius 1 is 0.862 bits per heavy atom. The minimum absolute atomic E-state index is 0.240. The molecule has 0 amide bonds. The van der Waals surface area contributed by atoms with Gasteiger partial charge in [-0.2, -0.15) is 0 Å². The molecule has 0 aliphatic rings. The fourth-order valence-corrected chi connectivity index (χ4v) is 6.80. The molecule has 0 unspecified atom stereocenters. The van der Waals surface area contributed by atoms with Crippen LogP contribution in [0.5, 0.6) is 0 Å². The number of hydrogen-bond donors (Lipinski definition) is 2. The van der Waals surface area contributed by atoms with Crippen molar-refractivity contribution in [2.45, 2.75) is 31.7 Å². The molecule has 6 nitrogen and oxygen atoms in total. The maximum atomic E-state index is 11.9. The van der Waals surface area contributed by atoms with Gasteiger partial charge in [-0.25, -0.2) is 4.79 Å². The lowest BCUT2D eigenvalue weighted by Gasteiger charge is -2.41. The Labute approximate surface area is 173 Å². The fraction of sp³-hybridized carbons (Fsp3) is 0.364. The number of carbonyl (C=O) groups is 2. The van der Waals surface area contributed by atoms with Gasteiger partial charge in [0.1, 0.15) is 6.61 Å². The molecule has 2 aromatic rings. The first-order valence-electron chi connectivity index (χ1n) is 9.30. The van der Waals surface area contributed by atoms with Crippen molar-refractivity contribution >= 4 is 30.6 Å². The topological polar surface area (TPSA) is 93.1 Å². The average molecular weight is 419 g/mol. The second kappa shape index (κ2) is 11.5. The van der Waals surface area contributed by atoms with E-state index >= 15 is 0 Å². The summed E-state index contributed by atoms with van der Waals surface area (Å²) in [5.41, 5.74) is 0. The highest BCUT2D eigenvalue weighted by Gasteiger charge is 2.49. The van der Waals surface area contributed by atoms with Crippen molar-refractivity contribution in [2.24, 2.45) is 0 Å². The molecule has 0 radical (unpaired) electrons. The Bertz CT molecular complexity index is 716. The first-order valence-corrected chi connectivity index (χ1v) is 11.3. The van der Waals surface area contributed by atoms with Gasteiger partial charge in [-0.15, -0.1) is 0 Å². The van der Waals surface area contributed by atoms with Crippen LogP contribution in [0.25, 0.3) is 0 Å². The first-order chi connectivity index (χ1) is 13.7. The Morgan fingerprint density at radius 3 is 1.59 bits per heavy atom. The summed E-state index contributed by atoms with van der Waals surface area (Å²) in [6, 6.07) is 19.6. The number of hydrogen-bond acceptors (Lipinski definition) is 6. The molecule has 29 heavy (non-hydrogen) atoms. The molecule has 0 aliphatic carbocycles. The van der Waals surface area contributed by atoms with E-state index in [9.17, 15) is 14.4 Å². The van der Waals surface area contributed by atoms with E-state index in [2.05, 4.69) is 4.74 Å². The van der Waals surface area contributed by atoms with E-state index in [0.717, 1.165) is 10.4 Å². The number of benzene rings is 2. The molecule has 2 aromatic carbocycles. The summed E-state index contributed by atoms with van der Waals surface area (Å²) in [5, 5.41) is 9.37. The third kappa shape index (κ3) is 6.52. The molecule has 7 heteroatoms. The minimum Gasteiger partial charge on any atom is -0.469 e. The van der Waals surface area contributed by atoms with E-state index in [1.807, 2.05) is 74.5 Å². The molecule has 0 aromatic heterocycles. The predicted octanol–water partition coefficient (Wildman–Crippen LogP) is 1.62. The molecule has 2 rings (SSSR count). The molecule has 0 saturated heterocycles. The summed E-state index contributed by atoms with van der Waals surface area (Å²) in [4.78, 5) is 33.1. The van der Waals surface area contributed by atoms with Crippen LogP contribution < -0.4 is 10.4 Å². The van der Waals surface area contributed by atoms with Crippen LogP contribution in [-0.4, -0.2) is 51.0 Å². The van der Waals surface area contributed by atoms with Crippen molar-refractivity contribution in [1.29, 1.82) is 0 Å². The largest absolute Gasteiger partial charge is 0.469 e. The molecule has 0 heterocycles. The summed E-state index contributed by atoms with van der Waals surface area (Å²) in [7, 11) is -0.400. The highest BCUT2D eigenvalue weighted by Crippen LogP contribution is 2.39. The molecule has 0 atom stereocenters. The SMILES string of the molecule is COC(=O)CCC(C)(C)[Si](O)(c1ccccc1)c1ccccc1.COC(=O)CO. The summed E-state index contributed by atoms with van der Waals surface area (Å²) >= 11 is 0. The number of aliphatic hydroxyl groups excluding tert-OH is 1. The number of aliphatic hydroxyl groups is 1. The number of carbonyl (C=O) groups excluding carboxylic acids is 2. The zero-order valence-electron chi connectivity index (χ0n) is 17.4. The highest BCUT2D eigenvalue weighted by atomic mass is 28.4. The van der Waals surface area contributed by atoms with Crippen molar-refractivity contribution in [1.82, 2.24) is 0 Å². The lowest BCUT2D eigenvalue weighted by molar-refractivity contribution is -0.144. The maximum absolute atomic E-state index is 11.9. The standard InChI is InChI=1S/C19H24O3Si.C3H6O3/c1-19(2,15-14-18(20)22-3)23(21,16-10-6-4-7-11-16)17-12-8-5-9-13-17;1-6-3(5)2-4/h4-13,21H,14-15H2,1-3H3;4H,2H2,1H3. The van der Waals surface area contributed by atoms with E-state index < -0.39 is 25.9 Å². The van der Waals surface area contributed by atoms with Crippen LogP contribution in [0.15, 0.2) is 60.7 Å². The van der Waals surface area contributed by atoms with Crippen molar-refractivity contribution in [3.8, 4) is 0 Å². The van der Waals surface area contributed by atoms with Gasteiger partial charge in [0.15, 0.2) is 0 Å². The third-order valence-electron chi connectivity index (χ3n) is 4.90. The maximum Gasteiger partial charge on any atom is 0.331 e. The van der Waals surface area contributed by atoms with Gasteiger partial charge < -0.3 is 19.4 Å². The van der Waals surface area contributed by atoms with Crippen LogP contribution in [0.3, 0.4) is 0 Å². The lowest BCUT2D eigenvalue weighted by Crippen LogP contribution is -2.65. The number of ether oxygens (including phenoxy) is 2. The van der Waals surface area contributed by atoms with Gasteiger partial charge in [-0.05, 0) is 21.8 Å². The summed E-state index contributed by atoms with van der Waals surface area (Å²) in [6.07, 6.45) is 0.880.